The molecule has 0 aliphatic carbocycles. The van der Waals surface area contributed by atoms with E-state index in [1.165, 1.54) is 24.0 Å². The monoisotopic (exact) mass is 934 g/mol. The van der Waals surface area contributed by atoms with Crippen LogP contribution in [0.2, 0.25) is 0 Å². The van der Waals surface area contributed by atoms with Crippen LogP contribution in [0.1, 0.15) is 117 Å². The van der Waals surface area contributed by atoms with Gasteiger partial charge in [-0.05, 0) is 91.6 Å². The Balaban J connectivity index is 0.000000139. The highest BCUT2D eigenvalue weighted by atomic mass is 16.5. The van der Waals surface area contributed by atoms with Crippen LogP contribution in [-0.4, -0.2) is 177 Å². The van der Waals surface area contributed by atoms with E-state index in [9.17, 15) is 39.0 Å². The summed E-state index contributed by atoms with van der Waals surface area (Å²) >= 11 is 0. The summed E-state index contributed by atoms with van der Waals surface area (Å²) in [5.41, 5.74) is 3.47. The van der Waals surface area contributed by atoms with Crippen molar-refractivity contribution in [2.75, 3.05) is 78.8 Å². The van der Waals surface area contributed by atoms with Crippen molar-refractivity contribution < 1.29 is 53.2 Å². The van der Waals surface area contributed by atoms with Crippen LogP contribution in [-0.2, 0) is 43.0 Å². The molecule has 2 N–H and O–H groups in total. The fraction of sp³-hybridized carbons (Fsp3) is 0.686. The first-order valence-electron chi connectivity index (χ1n) is 24.3. The molecular weight excluding hydrogens is 859 g/mol. The molecule has 10 aliphatic rings. The predicted octanol–water partition coefficient (Wildman–Crippen LogP) is 4.16. The van der Waals surface area contributed by atoms with E-state index in [2.05, 4.69) is 42.7 Å². The van der Waals surface area contributed by atoms with E-state index in [0.29, 0.717) is 110 Å². The number of rotatable bonds is 8. The van der Waals surface area contributed by atoms with Crippen LogP contribution in [0, 0.1) is 0 Å². The van der Waals surface area contributed by atoms with Gasteiger partial charge in [0.1, 0.15) is 16.6 Å². The second-order valence-electron chi connectivity index (χ2n) is 20.1. The van der Waals surface area contributed by atoms with Gasteiger partial charge in [0.2, 0.25) is 17.7 Å². The molecule has 16 heteroatoms. The van der Waals surface area contributed by atoms with Crippen molar-refractivity contribution in [3.05, 3.63) is 60.8 Å². The van der Waals surface area contributed by atoms with Crippen molar-refractivity contribution in [2.24, 2.45) is 0 Å². The number of carbonyl (C=O) groups excluding carboxylic acids is 6. The quantitative estimate of drug-likeness (QED) is 0.201. The van der Waals surface area contributed by atoms with Crippen molar-refractivity contribution in [2.45, 2.75) is 145 Å². The lowest BCUT2D eigenvalue weighted by molar-refractivity contribution is -0.157. The molecule has 0 spiro atoms. The molecule has 0 aromatic carbocycles. The minimum absolute atomic E-state index is 0.0432. The molecule has 10 fully saturated rings. The second kappa shape index (κ2) is 20.9. The maximum atomic E-state index is 11.9. The first-order chi connectivity index (χ1) is 31.8. The van der Waals surface area contributed by atoms with Crippen LogP contribution in [0.25, 0.3) is 0 Å². The van der Waals surface area contributed by atoms with E-state index in [1.807, 2.05) is 0 Å². The van der Waals surface area contributed by atoms with Gasteiger partial charge in [-0.15, -0.1) is 0 Å². The number of hydrogen-bond acceptors (Lipinski definition) is 13. The number of amides is 3. The molecule has 67 heavy (non-hydrogen) atoms. The highest BCUT2D eigenvalue weighted by molar-refractivity contribution is 5.95. The summed E-state index contributed by atoms with van der Waals surface area (Å²) in [5.74, 6) is -0.677. The summed E-state index contributed by atoms with van der Waals surface area (Å²) in [6.07, 6.45) is 11.6. The number of aliphatic hydroxyl groups is 2. The van der Waals surface area contributed by atoms with E-state index in [4.69, 9.17) is 14.2 Å². The summed E-state index contributed by atoms with van der Waals surface area (Å²) < 4.78 is 15.2. The Morgan fingerprint density at radius 3 is 1.01 bits per heavy atom. The zero-order valence-corrected chi connectivity index (χ0v) is 40.4. The van der Waals surface area contributed by atoms with E-state index in [-0.39, 0.29) is 46.7 Å². The minimum Gasteiger partial charge on any atom is -0.464 e. The molecule has 0 bridgehead atoms. The average molecular weight is 934 g/mol. The Bertz CT molecular complexity index is 1840. The molecule has 10 saturated heterocycles. The lowest BCUT2D eigenvalue weighted by Crippen LogP contribution is -2.48. The van der Waals surface area contributed by atoms with Crippen molar-refractivity contribution in [1.82, 2.24) is 24.5 Å². The lowest BCUT2D eigenvalue weighted by atomic mass is 9.93. The smallest absolute Gasteiger partial charge is 0.332 e. The Morgan fingerprint density at radius 1 is 0.478 bits per heavy atom. The molecule has 0 radical (unpaired) electrons. The largest absolute Gasteiger partial charge is 0.464 e. The zero-order valence-electron chi connectivity index (χ0n) is 40.4. The number of aliphatic hydroxyl groups excluding tert-OH is 2. The van der Waals surface area contributed by atoms with Gasteiger partial charge in [-0.3, -0.25) is 24.2 Å². The molecular formula is C51H75N5O11. The van der Waals surface area contributed by atoms with Crippen LogP contribution in [0.4, 0.5) is 0 Å². The van der Waals surface area contributed by atoms with Gasteiger partial charge < -0.3 is 39.1 Å². The summed E-state index contributed by atoms with van der Waals surface area (Å²) in [6.45, 7) is 32.4. The van der Waals surface area contributed by atoms with Crippen LogP contribution < -0.4 is 0 Å². The van der Waals surface area contributed by atoms with Crippen LogP contribution in [0.5, 0.6) is 0 Å². The zero-order chi connectivity index (χ0) is 49.0. The molecule has 10 heterocycles. The number of ether oxygens (including phenoxy) is 3. The van der Waals surface area contributed by atoms with Gasteiger partial charge in [0, 0.05) is 82.3 Å². The van der Waals surface area contributed by atoms with Crippen LogP contribution >= 0.6 is 0 Å². The van der Waals surface area contributed by atoms with E-state index >= 15 is 0 Å². The Morgan fingerprint density at radius 2 is 0.761 bits per heavy atom. The van der Waals surface area contributed by atoms with E-state index in [0.717, 1.165) is 68.6 Å². The van der Waals surface area contributed by atoms with Crippen molar-refractivity contribution in [3.63, 3.8) is 0 Å². The maximum Gasteiger partial charge on any atom is 0.332 e. The molecule has 0 aromatic rings. The highest BCUT2D eigenvalue weighted by Crippen LogP contribution is 2.45. The molecule has 10 rings (SSSR count). The molecule has 3 amide bonds. The Hall–Kier alpha value is -4.64. The maximum absolute atomic E-state index is 11.9. The summed E-state index contributed by atoms with van der Waals surface area (Å²) in [4.78, 5) is 80.1. The third-order valence-corrected chi connectivity index (χ3v) is 15.5. The molecule has 1 unspecified atom stereocenters. The first kappa shape index (κ1) is 51.7. The number of nitrogens with zero attached hydrogens (tertiary/aromatic N) is 5. The molecule has 10 aliphatic heterocycles. The number of fused-ring (bicyclic) bond motifs is 5. The van der Waals surface area contributed by atoms with Crippen molar-refractivity contribution >= 4 is 35.6 Å². The van der Waals surface area contributed by atoms with Crippen molar-refractivity contribution in [1.29, 1.82) is 0 Å². The molecule has 5 atom stereocenters. The molecule has 370 valence electrons. The second-order valence-corrected chi connectivity index (χ2v) is 20.1. The van der Waals surface area contributed by atoms with Crippen LogP contribution in [0.3, 0.4) is 0 Å². The molecule has 0 saturated carbocycles. The third kappa shape index (κ3) is 9.96. The van der Waals surface area contributed by atoms with E-state index in [1.54, 1.807) is 35.5 Å². The standard InChI is InChI=1S/3C11H15NO3.2C9H15NO/c3*1-3-15-10(14)11-5-4-9(13)12(11)7-8(2)6-11;2*1-8-5-9(7-11)3-2-4-10(9)6-8/h3*2-7H2,1H3;2*11H,1-7H2/t2*11-;;2*9-/m10.10/s1. The number of hydrogen-bond donors (Lipinski definition) is 2. The van der Waals surface area contributed by atoms with Gasteiger partial charge in [0.05, 0.1) is 33.0 Å². The summed E-state index contributed by atoms with van der Waals surface area (Å²) in [6, 6.07) is 0. The Kier molecular flexibility index (Phi) is 16.2. The predicted molar refractivity (Wildman–Crippen MR) is 251 cm³/mol. The van der Waals surface area contributed by atoms with Crippen LogP contribution in [0.15, 0.2) is 60.8 Å². The molecule has 0 aromatic heterocycles. The number of carbonyl (C=O) groups is 6. The minimum atomic E-state index is -0.718. The van der Waals surface area contributed by atoms with Gasteiger partial charge in [0.15, 0.2) is 0 Å². The van der Waals surface area contributed by atoms with E-state index < -0.39 is 16.6 Å². The van der Waals surface area contributed by atoms with Gasteiger partial charge in [-0.25, -0.2) is 14.4 Å². The molecule has 16 nitrogen and oxygen atoms in total. The summed E-state index contributed by atoms with van der Waals surface area (Å²) in [5, 5.41) is 18.5. The fourth-order valence-electron chi connectivity index (χ4n) is 12.4. The fourth-order valence-corrected chi connectivity index (χ4v) is 12.4. The van der Waals surface area contributed by atoms with Gasteiger partial charge >= 0.3 is 17.9 Å². The SMILES string of the molecule is C=C1CN2C(=O)CCC2(C(=O)OCC)C1.C=C1CN2C(=O)CC[C@@]2(C(=O)OCC)C1.C=C1CN2C(=O)CC[C@]2(C(=O)OCC)C1.C=C1CN2CCC[C@@]2(CO)C1.C=C1CN2CCC[C@]2(CO)C1. The average Bonchev–Trinajstić information content (AvgIpc) is 4.17. The van der Waals surface area contributed by atoms with Gasteiger partial charge in [0.25, 0.3) is 0 Å². The normalized spacial score (nSPS) is 32.3. The van der Waals surface area contributed by atoms with Gasteiger partial charge in [-0.2, -0.15) is 0 Å². The van der Waals surface area contributed by atoms with Gasteiger partial charge in [-0.1, -0.05) is 60.8 Å². The van der Waals surface area contributed by atoms with Crippen molar-refractivity contribution in [3.8, 4) is 0 Å². The third-order valence-electron chi connectivity index (χ3n) is 15.5. The highest BCUT2D eigenvalue weighted by Gasteiger charge is 2.58. The summed E-state index contributed by atoms with van der Waals surface area (Å²) in [7, 11) is 0. The topological polar surface area (TPSA) is 187 Å². The number of esters is 3. The Labute approximate surface area is 396 Å². The lowest BCUT2D eigenvalue weighted by Gasteiger charge is -2.28. The first-order valence-corrected chi connectivity index (χ1v) is 24.3.